The topological polar surface area (TPSA) is 52.6 Å². The van der Waals surface area contributed by atoms with Crippen molar-refractivity contribution in [2.24, 2.45) is 0 Å². The van der Waals surface area contributed by atoms with Gasteiger partial charge in [-0.25, -0.2) is 9.10 Å². The maximum absolute atomic E-state index is 12.5. The first kappa shape index (κ1) is 19.9. The minimum atomic E-state index is -4.40. The van der Waals surface area contributed by atoms with Gasteiger partial charge in [0.25, 0.3) is 0 Å². The SMILES string of the molecule is O=C(NCc1ccc(C(F)(F)F)cc1)N(S)c1cc(Br)c(O)c(Br)c1. The summed E-state index contributed by atoms with van der Waals surface area (Å²) in [5, 5.41) is 12.2. The summed E-state index contributed by atoms with van der Waals surface area (Å²) in [6.45, 7) is 0.0362. The standard InChI is InChI=1S/C15H11Br2F3N2O2S/c16-11-5-10(6-12(17)13(11)23)22(25)14(24)21-7-8-1-3-9(4-2-8)15(18,19)20/h1-6,23,25H,7H2,(H,21,24). The highest BCUT2D eigenvalue weighted by atomic mass is 79.9. The van der Waals surface area contributed by atoms with Gasteiger partial charge < -0.3 is 10.4 Å². The van der Waals surface area contributed by atoms with Crippen molar-refractivity contribution in [3.63, 3.8) is 0 Å². The van der Waals surface area contributed by atoms with E-state index >= 15 is 0 Å². The van der Waals surface area contributed by atoms with Crippen molar-refractivity contribution in [2.75, 3.05) is 4.31 Å². The molecule has 0 bridgehead atoms. The van der Waals surface area contributed by atoms with Crippen LogP contribution in [0.1, 0.15) is 11.1 Å². The number of hydrogen-bond donors (Lipinski definition) is 3. The zero-order chi connectivity index (χ0) is 18.8. The van der Waals surface area contributed by atoms with Gasteiger partial charge in [-0.3, -0.25) is 0 Å². The number of thiol groups is 1. The number of anilines is 1. The number of nitrogens with one attached hydrogen (secondary N) is 1. The number of aromatic hydroxyl groups is 1. The second kappa shape index (κ2) is 7.88. The Bertz CT molecular complexity index is 762. The molecule has 0 saturated carbocycles. The molecule has 0 aliphatic rings. The van der Waals surface area contributed by atoms with Crippen LogP contribution in [-0.4, -0.2) is 11.1 Å². The first-order chi connectivity index (χ1) is 11.6. The van der Waals surface area contributed by atoms with Crippen LogP contribution in [-0.2, 0) is 12.7 Å². The fourth-order valence-corrected chi connectivity index (χ4v) is 3.20. The van der Waals surface area contributed by atoms with Crippen LogP contribution in [0.3, 0.4) is 0 Å². The van der Waals surface area contributed by atoms with Gasteiger partial charge in [0.15, 0.2) is 0 Å². The number of halogens is 5. The number of benzene rings is 2. The van der Waals surface area contributed by atoms with Crippen LogP contribution < -0.4 is 9.62 Å². The van der Waals surface area contributed by atoms with Gasteiger partial charge in [-0.1, -0.05) is 24.9 Å². The average molecular weight is 500 g/mol. The number of carbonyl (C=O) groups excluding carboxylic acids is 1. The van der Waals surface area contributed by atoms with Gasteiger partial charge in [-0.2, -0.15) is 13.2 Å². The van der Waals surface area contributed by atoms with Gasteiger partial charge in [0.2, 0.25) is 0 Å². The summed E-state index contributed by atoms with van der Waals surface area (Å²) in [7, 11) is 0. The van der Waals surface area contributed by atoms with Crippen LogP contribution >= 0.6 is 44.7 Å². The molecule has 0 aliphatic heterocycles. The molecule has 0 radical (unpaired) electrons. The van der Waals surface area contributed by atoms with E-state index in [9.17, 15) is 23.1 Å². The van der Waals surface area contributed by atoms with Gasteiger partial charge in [0.05, 0.1) is 20.2 Å². The third-order valence-corrected chi connectivity index (χ3v) is 4.79. The maximum atomic E-state index is 12.5. The highest BCUT2D eigenvalue weighted by Crippen LogP contribution is 2.37. The number of rotatable bonds is 3. The molecule has 10 heteroatoms. The van der Waals surface area contributed by atoms with Crippen molar-refractivity contribution in [2.45, 2.75) is 12.7 Å². The normalized spacial score (nSPS) is 11.3. The van der Waals surface area contributed by atoms with E-state index in [4.69, 9.17) is 0 Å². The smallest absolute Gasteiger partial charge is 0.416 e. The van der Waals surface area contributed by atoms with E-state index < -0.39 is 17.8 Å². The van der Waals surface area contributed by atoms with Crippen molar-refractivity contribution < 1.29 is 23.1 Å². The van der Waals surface area contributed by atoms with Crippen LogP contribution in [0.15, 0.2) is 45.3 Å². The summed E-state index contributed by atoms with van der Waals surface area (Å²) < 4.78 is 39.3. The van der Waals surface area contributed by atoms with Crippen molar-refractivity contribution >= 4 is 56.4 Å². The molecule has 2 N–H and O–H groups in total. The first-order valence-electron chi connectivity index (χ1n) is 6.70. The molecule has 0 saturated heterocycles. The minimum Gasteiger partial charge on any atom is -0.506 e. The molecule has 2 aromatic rings. The van der Waals surface area contributed by atoms with Crippen molar-refractivity contribution in [3.8, 4) is 5.75 Å². The Kier molecular flexibility index (Phi) is 6.28. The molecule has 0 heterocycles. The quantitative estimate of drug-likeness (QED) is 0.488. The highest BCUT2D eigenvalue weighted by Gasteiger charge is 2.29. The first-order valence-corrected chi connectivity index (χ1v) is 8.69. The summed E-state index contributed by atoms with van der Waals surface area (Å²) in [6, 6.07) is 6.89. The third-order valence-electron chi connectivity index (χ3n) is 3.16. The second-order valence-electron chi connectivity index (χ2n) is 4.92. The Morgan fingerprint density at radius 1 is 1.16 bits per heavy atom. The van der Waals surface area contributed by atoms with E-state index in [1.807, 2.05) is 0 Å². The lowest BCUT2D eigenvalue weighted by Gasteiger charge is -2.18. The van der Waals surface area contributed by atoms with Gasteiger partial charge in [0, 0.05) is 6.54 Å². The van der Waals surface area contributed by atoms with Gasteiger partial charge in [0.1, 0.15) is 5.75 Å². The van der Waals surface area contributed by atoms with E-state index in [2.05, 4.69) is 50.0 Å². The lowest BCUT2D eigenvalue weighted by Crippen LogP contribution is -2.33. The van der Waals surface area contributed by atoms with Gasteiger partial charge in [-0.15, -0.1) is 0 Å². The Morgan fingerprint density at radius 2 is 1.68 bits per heavy atom. The van der Waals surface area contributed by atoms with Crippen LogP contribution in [0.25, 0.3) is 0 Å². The number of nitrogens with zero attached hydrogens (tertiary/aromatic N) is 1. The maximum Gasteiger partial charge on any atom is 0.416 e. The molecule has 0 atom stereocenters. The zero-order valence-electron chi connectivity index (χ0n) is 12.3. The Labute approximate surface area is 163 Å². The Hall–Kier alpha value is -1.39. The average Bonchev–Trinajstić information content (AvgIpc) is 2.56. The van der Waals surface area contributed by atoms with Gasteiger partial charge >= 0.3 is 12.2 Å². The van der Waals surface area contributed by atoms with E-state index in [1.165, 1.54) is 24.3 Å². The molecule has 0 fully saturated rings. The predicted molar refractivity (Wildman–Crippen MR) is 98.7 cm³/mol. The molecular formula is C15H11Br2F3N2O2S. The van der Waals surface area contributed by atoms with Crippen molar-refractivity contribution in [3.05, 3.63) is 56.5 Å². The number of phenols is 1. The zero-order valence-corrected chi connectivity index (χ0v) is 16.4. The summed E-state index contributed by atoms with van der Waals surface area (Å²) in [6.07, 6.45) is -4.40. The van der Waals surface area contributed by atoms with Crippen LogP contribution in [0, 0.1) is 0 Å². The third kappa shape index (κ3) is 5.05. The fraction of sp³-hybridized carbons (Fsp3) is 0.133. The molecule has 25 heavy (non-hydrogen) atoms. The molecule has 2 aromatic carbocycles. The van der Waals surface area contributed by atoms with E-state index in [1.54, 1.807) is 0 Å². The second-order valence-corrected chi connectivity index (χ2v) is 7.03. The summed E-state index contributed by atoms with van der Waals surface area (Å²) in [5.41, 5.74) is 0.137. The van der Waals surface area contributed by atoms with E-state index in [0.717, 1.165) is 16.4 Å². The number of alkyl halides is 3. The summed E-state index contributed by atoms with van der Waals surface area (Å²) >= 11 is 10.4. The van der Waals surface area contributed by atoms with E-state index in [0.29, 0.717) is 20.2 Å². The number of phenolic OH excluding ortho intramolecular Hbond substituents is 1. The Morgan fingerprint density at radius 3 is 2.16 bits per heavy atom. The largest absolute Gasteiger partial charge is 0.506 e. The van der Waals surface area contributed by atoms with Crippen LogP contribution in [0.5, 0.6) is 5.75 Å². The number of urea groups is 1. The molecule has 4 nitrogen and oxygen atoms in total. The number of carbonyl (C=O) groups is 1. The van der Waals surface area contributed by atoms with Crippen LogP contribution in [0.4, 0.5) is 23.7 Å². The molecule has 134 valence electrons. The predicted octanol–water partition coefficient (Wildman–Crippen LogP) is 5.50. The molecule has 2 amide bonds. The van der Waals surface area contributed by atoms with Crippen molar-refractivity contribution in [1.29, 1.82) is 0 Å². The minimum absolute atomic E-state index is 0.0179. The highest BCUT2D eigenvalue weighted by molar-refractivity contribution is 9.11. The van der Waals surface area contributed by atoms with Crippen molar-refractivity contribution in [1.82, 2.24) is 5.32 Å². The van der Waals surface area contributed by atoms with Crippen LogP contribution in [0.2, 0.25) is 0 Å². The molecule has 0 aromatic heterocycles. The molecular weight excluding hydrogens is 489 g/mol. The summed E-state index contributed by atoms with van der Waals surface area (Å²) in [5.74, 6) is -0.0179. The number of amides is 2. The number of hydrogen-bond acceptors (Lipinski definition) is 3. The fourth-order valence-electron chi connectivity index (χ4n) is 1.86. The lowest BCUT2D eigenvalue weighted by atomic mass is 10.1. The lowest BCUT2D eigenvalue weighted by molar-refractivity contribution is -0.137. The molecule has 2 rings (SSSR count). The molecule has 0 aliphatic carbocycles. The Balaban J connectivity index is 2.02. The molecule has 0 spiro atoms. The summed E-state index contributed by atoms with van der Waals surface area (Å²) in [4.78, 5) is 12.1. The van der Waals surface area contributed by atoms with Gasteiger partial charge in [-0.05, 0) is 61.7 Å². The van der Waals surface area contributed by atoms with E-state index in [-0.39, 0.29) is 12.3 Å². The molecule has 0 unspecified atom stereocenters. The monoisotopic (exact) mass is 498 g/mol.